The predicted octanol–water partition coefficient (Wildman–Crippen LogP) is 0.663. The van der Waals surface area contributed by atoms with Crippen LogP contribution in [0.4, 0.5) is 0 Å². The highest BCUT2D eigenvalue weighted by Crippen LogP contribution is 2.11. The summed E-state index contributed by atoms with van der Waals surface area (Å²) in [5.74, 6) is -0.122. The Kier molecular flexibility index (Phi) is 4.03. The van der Waals surface area contributed by atoms with Crippen molar-refractivity contribution >= 4 is 17.2 Å². The summed E-state index contributed by atoms with van der Waals surface area (Å²) in [6, 6.07) is 0. The van der Waals surface area contributed by atoms with E-state index in [1.54, 1.807) is 16.8 Å². The molecule has 0 aliphatic rings. The van der Waals surface area contributed by atoms with Crippen LogP contribution in [0.1, 0.15) is 17.5 Å². The minimum atomic E-state index is -0.122. The Balaban J connectivity index is 2.41. The molecule has 0 radical (unpaired) electrons. The number of hydrogen-bond acceptors (Lipinski definition) is 4. The zero-order chi connectivity index (χ0) is 10.6. The summed E-state index contributed by atoms with van der Waals surface area (Å²) in [6.45, 7) is 4.69. The van der Waals surface area contributed by atoms with Crippen molar-refractivity contribution in [2.45, 2.75) is 20.4 Å². The van der Waals surface area contributed by atoms with Gasteiger partial charge >= 0.3 is 0 Å². The fraction of sp³-hybridized carbons (Fsp3) is 0.556. The van der Waals surface area contributed by atoms with Gasteiger partial charge in [-0.05, 0) is 6.92 Å². The Labute approximate surface area is 87.5 Å². The minimum absolute atomic E-state index is 0.000278. The molecule has 0 aliphatic heterocycles. The van der Waals surface area contributed by atoms with E-state index < -0.39 is 0 Å². The Bertz CT molecular complexity index is 311. The summed E-state index contributed by atoms with van der Waals surface area (Å²) in [7, 11) is 0. The number of carbonyl (C=O) groups is 1. The molecule has 1 aromatic heterocycles. The van der Waals surface area contributed by atoms with Gasteiger partial charge in [-0.25, -0.2) is 4.98 Å². The topological polar surface area (TPSA) is 68.0 Å². The first-order valence-electron chi connectivity index (χ1n) is 4.52. The molecule has 1 heterocycles. The van der Waals surface area contributed by atoms with Crippen LogP contribution < -0.4 is 11.1 Å². The largest absolute Gasteiger partial charge is 0.351 e. The first-order valence-corrected chi connectivity index (χ1v) is 5.40. The molecule has 0 spiro atoms. The van der Waals surface area contributed by atoms with Gasteiger partial charge < -0.3 is 11.1 Å². The van der Waals surface area contributed by atoms with Crippen molar-refractivity contribution in [1.82, 2.24) is 10.3 Å². The molecule has 1 rings (SSSR count). The van der Waals surface area contributed by atoms with Gasteiger partial charge in [-0.15, -0.1) is 11.3 Å². The summed E-state index contributed by atoms with van der Waals surface area (Å²) in [5.41, 5.74) is 8.14. The van der Waals surface area contributed by atoms with Crippen LogP contribution in [-0.2, 0) is 11.3 Å². The molecule has 14 heavy (non-hydrogen) atoms. The SMILES string of the molecule is Cc1ncsc1CNC(=O)C(C)CN. The highest BCUT2D eigenvalue weighted by Gasteiger charge is 2.10. The number of nitrogens with zero attached hydrogens (tertiary/aromatic N) is 1. The highest BCUT2D eigenvalue weighted by atomic mass is 32.1. The van der Waals surface area contributed by atoms with E-state index in [4.69, 9.17) is 5.73 Å². The van der Waals surface area contributed by atoms with Crippen molar-refractivity contribution in [1.29, 1.82) is 0 Å². The number of amides is 1. The van der Waals surface area contributed by atoms with Crippen LogP contribution in [0.5, 0.6) is 0 Å². The van der Waals surface area contributed by atoms with Gasteiger partial charge in [0, 0.05) is 17.3 Å². The van der Waals surface area contributed by atoms with Crippen LogP contribution >= 0.6 is 11.3 Å². The number of hydrogen-bond donors (Lipinski definition) is 2. The standard InChI is InChI=1S/C9H15N3OS/c1-6(3-10)9(13)11-4-8-7(2)12-5-14-8/h5-6H,3-4,10H2,1-2H3,(H,11,13). The summed E-state index contributed by atoms with van der Waals surface area (Å²) >= 11 is 1.55. The van der Waals surface area contributed by atoms with Gasteiger partial charge in [0.25, 0.3) is 0 Å². The lowest BCUT2D eigenvalue weighted by atomic mass is 10.2. The van der Waals surface area contributed by atoms with Crippen LogP contribution in [0, 0.1) is 12.8 Å². The monoisotopic (exact) mass is 213 g/mol. The molecule has 78 valence electrons. The smallest absolute Gasteiger partial charge is 0.224 e. The second-order valence-corrected chi connectivity index (χ2v) is 4.15. The third-order valence-corrected chi connectivity index (χ3v) is 3.00. The maximum atomic E-state index is 11.4. The molecular formula is C9H15N3OS. The van der Waals surface area contributed by atoms with Crippen LogP contribution in [0.15, 0.2) is 5.51 Å². The number of nitrogens with one attached hydrogen (secondary N) is 1. The van der Waals surface area contributed by atoms with Crippen LogP contribution in [-0.4, -0.2) is 17.4 Å². The molecule has 0 saturated heterocycles. The molecule has 4 nitrogen and oxygen atoms in total. The third kappa shape index (κ3) is 2.78. The van der Waals surface area contributed by atoms with E-state index in [-0.39, 0.29) is 11.8 Å². The Morgan fingerprint density at radius 3 is 3.00 bits per heavy atom. The molecule has 0 aromatic carbocycles. The van der Waals surface area contributed by atoms with Gasteiger partial charge in [0.1, 0.15) is 0 Å². The second-order valence-electron chi connectivity index (χ2n) is 3.22. The first kappa shape index (κ1) is 11.1. The normalized spacial score (nSPS) is 12.5. The Morgan fingerprint density at radius 2 is 2.50 bits per heavy atom. The lowest BCUT2D eigenvalue weighted by Crippen LogP contribution is -2.32. The maximum absolute atomic E-state index is 11.4. The molecule has 1 aromatic rings. The molecule has 0 bridgehead atoms. The van der Waals surface area contributed by atoms with Crippen LogP contribution in [0.25, 0.3) is 0 Å². The van der Waals surface area contributed by atoms with E-state index >= 15 is 0 Å². The summed E-state index contributed by atoms with van der Waals surface area (Å²) in [5, 5.41) is 2.83. The molecule has 3 N–H and O–H groups in total. The van der Waals surface area contributed by atoms with Gasteiger partial charge in [0.05, 0.1) is 17.7 Å². The van der Waals surface area contributed by atoms with Crippen molar-refractivity contribution in [2.24, 2.45) is 11.7 Å². The number of nitrogens with two attached hydrogens (primary N) is 1. The second kappa shape index (κ2) is 5.07. The van der Waals surface area contributed by atoms with E-state index in [9.17, 15) is 4.79 Å². The molecule has 1 atom stereocenters. The molecule has 1 unspecified atom stereocenters. The number of thiazole rings is 1. The zero-order valence-electron chi connectivity index (χ0n) is 8.41. The maximum Gasteiger partial charge on any atom is 0.224 e. The van der Waals surface area contributed by atoms with Gasteiger partial charge in [-0.2, -0.15) is 0 Å². The molecule has 0 fully saturated rings. The van der Waals surface area contributed by atoms with Gasteiger partial charge in [-0.3, -0.25) is 4.79 Å². The van der Waals surface area contributed by atoms with Crippen molar-refractivity contribution in [3.8, 4) is 0 Å². The van der Waals surface area contributed by atoms with Gasteiger partial charge in [-0.1, -0.05) is 6.92 Å². The molecule has 0 saturated carbocycles. The fourth-order valence-electron chi connectivity index (χ4n) is 0.945. The molecular weight excluding hydrogens is 198 g/mol. The van der Waals surface area contributed by atoms with E-state index in [0.717, 1.165) is 10.6 Å². The van der Waals surface area contributed by atoms with Crippen LogP contribution in [0.3, 0.4) is 0 Å². The van der Waals surface area contributed by atoms with Gasteiger partial charge in [0.15, 0.2) is 0 Å². The Hall–Kier alpha value is -0.940. The predicted molar refractivity (Wildman–Crippen MR) is 56.9 cm³/mol. The summed E-state index contributed by atoms with van der Waals surface area (Å²) in [6.07, 6.45) is 0. The number of rotatable bonds is 4. The average Bonchev–Trinajstić information content (AvgIpc) is 2.59. The summed E-state index contributed by atoms with van der Waals surface area (Å²) < 4.78 is 0. The zero-order valence-corrected chi connectivity index (χ0v) is 9.23. The van der Waals surface area contributed by atoms with Crippen molar-refractivity contribution < 1.29 is 4.79 Å². The van der Waals surface area contributed by atoms with Crippen molar-refractivity contribution in [2.75, 3.05) is 6.54 Å². The molecule has 5 heteroatoms. The van der Waals surface area contributed by atoms with Crippen molar-refractivity contribution in [3.05, 3.63) is 16.1 Å². The van der Waals surface area contributed by atoms with E-state index in [0.29, 0.717) is 13.1 Å². The lowest BCUT2D eigenvalue weighted by molar-refractivity contribution is -0.124. The number of carbonyl (C=O) groups excluding carboxylic acids is 1. The van der Waals surface area contributed by atoms with Crippen LogP contribution in [0.2, 0.25) is 0 Å². The van der Waals surface area contributed by atoms with E-state index in [1.807, 2.05) is 13.8 Å². The quantitative estimate of drug-likeness (QED) is 0.772. The number of aromatic nitrogens is 1. The molecule has 0 aliphatic carbocycles. The Morgan fingerprint density at radius 1 is 1.79 bits per heavy atom. The molecule has 1 amide bonds. The van der Waals surface area contributed by atoms with E-state index in [1.165, 1.54) is 0 Å². The first-order chi connectivity index (χ1) is 6.65. The summed E-state index contributed by atoms with van der Waals surface area (Å²) in [4.78, 5) is 16.6. The van der Waals surface area contributed by atoms with Gasteiger partial charge in [0.2, 0.25) is 5.91 Å². The highest BCUT2D eigenvalue weighted by molar-refractivity contribution is 7.09. The average molecular weight is 213 g/mol. The third-order valence-electron chi connectivity index (χ3n) is 2.07. The van der Waals surface area contributed by atoms with Crippen molar-refractivity contribution in [3.63, 3.8) is 0 Å². The number of aryl methyl sites for hydroxylation is 1. The minimum Gasteiger partial charge on any atom is -0.351 e. The van der Waals surface area contributed by atoms with E-state index in [2.05, 4.69) is 10.3 Å². The lowest BCUT2D eigenvalue weighted by Gasteiger charge is -2.08. The fourth-order valence-corrected chi connectivity index (χ4v) is 1.66.